The van der Waals surface area contributed by atoms with Gasteiger partial charge in [-0.3, -0.25) is 0 Å². The van der Waals surface area contributed by atoms with Crippen molar-refractivity contribution in [1.29, 1.82) is 0 Å². The summed E-state index contributed by atoms with van der Waals surface area (Å²) in [6.45, 7) is -0.588. The van der Waals surface area contributed by atoms with Gasteiger partial charge < -0.3 is 25.3 Å². The third-order valence-electron chi connectivity index (χ3n) is 3.66. The standard InChI is InChI=1S/C13H13FN4O3/c1-2-13(5-19)8(20)3-9(21-13)18-4-7(14)10-11(15)16-6-17-12(10)18/h1,4,6,8-9,19-20H,3,5H2,(H2,15,16,17)/t8-,9?,13+/m0/s1/i1D. The third-order valence-corrected chi connectivity index (χ3v) is 3.66. The van der Waals surface area contributed by atoms with Crippen LogP contribution in [-0.2, 0) is 4.74 Å². The van der Waals surface area contributed by atoms with Crippen LogP contribution in [0.1, 0.15) is 14.0 Å². The minimum absolute atomic E-state index is 0.000772. The van der Waals surface area contributed by atoms with E-state index in [1.807, 2.05) is 6.40 Å². The lowest BCUT2D eigenvalue weighted by atomic mass is 9.99. The van der Waals surface area contributed by atoms with E-state index in [4.69, 9.17) is 11.8 Å². The van der Waals surface area contributed by atoms with Gasteiger partial charge in [0.25, 0.3) is 0 Å². The van der Waals surface area contributed by atoms with E-state index in [1.54, 1.807) is 0 Å². The van der Waals surface area contributed by atoms with Gasteiger partial charge in [-0.15, -0.1) is 6.40 Å². The van der Waals surface area contributed by atoms with E-state index in [0.717, 1.165) is 6.20 Å². The van der Waals surface area contributed by atoms with Crippen LogP contribution in [-0.4, -0.2) is 43.1 Å². The second kappa shape index (κ2) is 4.66. The Morgan fingerprint density at radius 3 is 3.24 bits per heavy atom. The highest BCUT2D eigenvalue weighted by molar-refractivity contribution is 5.86. The van der Waals surface area contributed by atoms with E-state index < -0.39 is 30.4 Å². The lowest BCUT2D eigenvalue weighted by Crippen LogP contribution is -2.41. The summed E-state index contributed by atoms with van der Waals surface area (Å²) in [7, 11) is 0. The summed E-state index contributed by atoms with van der Waals surface area (Å²) in [6, 6.07) is 0. The molecule has 0 amide bonds. The molecule has 21 heavy (non-hydrogen) atoms. The van der Waals surface area contributed by atoms with Crippen molar-refractivity contribution in [2.75, 3.05) is 12.3 Å². The fourth-order valence-electron chi connectivity index (χ4n) is 2.50. The summed E-state index contributed by atoms with van der Waals surface area (Å²) < 4.78 is 28.0. The topological polar surface area (TPSA) is 106 Å². The zero-order chi connectivity index (χ0) is 15.9. The second-order valence-corrected chi connectivity index (χ2v) is 4.84. The van der Waals surface area contributed by atoms with E-state index in [2.05, 4.69) is 15.9 Å². The van der Waals surface area contributed by atoms with Crippen LogP contribution in [0.4, 0.5) is 10.2 Å². The Hall–Kier alpha value is -2.21. The summed E-state index contributed by atoms with van der Waals surface area (Å²) in [4.78, 5) is 7.72. The average molecular weight is 293 g/mol. The Bertz CT molecular complexity index is 787. The fourth-order valence-corrected chi connectivity index (χ4v) is 2.50. The molecule has 1 unspecified atom stereocenters. The number of nitrogens with zero attached hydrogens (tertiary/aromatic N) is 3. The molecule has 3 heterocycles. The van der Waals surface area contributed by atoms with Crippen LogP contribution >= 0.6 is 0 Å². The number of ether oxygens (including phenoxy) is 1. The number of aliphatic hydroxyl groups is 2. The third kappa shape index (κ3) is 1.86. The van der Waals surface area contributed by atoms with Crippen molar-refractivity contribution in [3.63, 3.8) is 0 Å². The molecule has 1 aliphatic rings. The van der Waals surface area contributed by atoms with Gasteiger partial charge in [0.2, 0.25) is 0 Å². The SMILES string of the molecule is [2H]C#C[C@]1(CO)OC(n2cc(F)c3c(N)ncnc32)C[C@@H]1O. The fraction of sp³-hybridized carbons (Fsp3) is 0.385. The summed E-state index contributed by atoms with van der Waals surface area (Å²) in [5.74, 6) is 1.74. The van der Waals surface area contributed by atoms with Crippen molar-refractivity contribution >= 4 is 16.9 Å². The number of halogens is 1. The quantitative estimate of drug-likeness (QED) is 0.662. The lowest BCUT2D eigenvalue weighted by molar-refractivity contribution is -0.0891. The first kappa shape index (κ1) is 12.5. The summed E-state index contributed by atoms with van der Waals surface area (Å²) in [6.07, 6.45) is 2.36. The van der Waals surface area contributed by atoms with Crippen LogP contribution in [0.25, 0.3) is 11.0 Å². The van der Waals surface area contributed by atoms with Crippen LogP contribution in [0, 0.1) is 18.1 Å². The number of aliphatic hydroxyl groups excluding tert-OH is 2. The maximum absolute atomic E-state index is 14.0. The zero-order valence-corrected chi connectivity index (χ0v) is 10.8. The summed E-state index contributed by atoms with van der Waals surface area (Å²) in [5, 5.41) is 19.6. The Balaban J connectivity index is 2.06. The van der Waals surface area contributed by atoms with E-state index >= 15 is 0 Å². The van der Waals surface area contributed by atoms with E-state index in [-0.39, 0.29) is 23.3 Å². The number of fused-ring (bicyclic) bond motifs is 1. The number of anilines is 1. The molecule has 2 aromatic heterocycles. The molecule has 0 aromatic carbocycles. The number of hydrogen-bond acceptors (Lipinski definition) is 6. The van der Waals surface area contributed by atoms with Gasteiger partial charge in [0.1, 0.15) is 25.8 Å². The highest BCUT2D eigenvalue weighted by Gasteiger charge is 2.47. The molecule has 0 bridgehead atoms. The highest BCUT2D eigenvalue weighted by atomic mass is 19.1. The number of nitrogens with two attached hydrogens (primary N) is 1. The Morgan fingerprint density at radius 1 is 1.71 bits per heavy atom. The van der Waals surface area contributed by atoms with Crippen LogP contribution in [0.5, 0.6) is 0 Å². The van der Waals surface area contributed by atoms with E-state index in [1.165, 1.54) is 10.9 Å². The van der Waals surface area contributed by atoms with Crippen LogP contribution in [0.3, 0.4) is 0 Å². The van der Waals surface area contributed by atoms with Crippen molar-refractivity contribution in [2.45, 2.75) is 24.4 Å². The Labute approximate surface area is 120 Å². The van der Waals surface area contributed by atoms with E-state index in [9.17, 15) is 14.6 Å². The number of nitrogen functional groups attached to an aromatic ring is 1. The molecule has 0 spiro atoms. The minimum Gasteiger partial charge on any atom is -0.392 e. The molecule has 1 aliphatic heterocycles. The molecule has 1 fully saturated rings. The van der Waals surface area contributed by atoms with Crippen molar-refractivity contribution < 1.29 is 20.7 Å². The van der Waals surface area contributed by atoms with Gasteiger partial charge in [-0.25, -0.2) is 14.4 Å². The van der Waals surface area contributed by atoms with Crippen molar-refractivity contribution in [2.24, 2.45) is 0 Å². The first-order valence-corrected chi connectivity index (χ1v) is 6.19. The van der Waals surface area contributed by atoms with Gasteiger partial charge in [0, 0.05) is 12.6 Å². The van der Waals surface area contributed by atoms with Gasteiger partial charge >= 0.3 is 0 Å². The van der Waals surface area contributed by atoms with Gasteiger partial charge in [-0.2, -0.15) is 0 Å². The number of terminal acetylenes is 1. The van der Waals surface area contributed by atoms with Crippen molar-refractivity contribution in [3.05, 3.63) is 18.3 Å². The maximum atomic E-state index is 14.0. The molecular weight excluding hydrogens is 279 g/mol. The largest absolute Gasteiger partial charge is 0.392 e. The smallest absolute Gasteiger partial charge is 0.179 e. The molecule has 1 saturated heterocycles. The minimum atomic E-state index is -1.57. The van der Waals surface area contributed by atoms with Crippen LogP contribution < -0.4 is 5.73 Å². The van der Waals surface area contributed by atoms with Crippen molar-refractivity contribution in [3.8, 4) is 12.3 Å². The molecule has 0 radical (unpaired) electrons. The molecular formula is C13H13FN4O3. The predicted molar refractivity (Wildman–Crippen MR) is 71.3 cm³/mol. The molecule has 2 aromatic rings. The number of hydrogen-bond donors (Lipinski definition) is 3. The van der Waals surface area contributed by atoms with Gasteiger partial charge in [0.05, 0.1) is 12.0 Å². The van der Waals surface area contributed by atoms with Gasteiger partial charge in [-0.1, -0.05) is 5.92 Å². The van der Waals surface area contributed by atoms with Crippen LogP contribution in [0.2, 0.25) is 0 Å². The summed E-state index contributed by atoms with van der Waals surface area (Å²) >= 11 is 0. The molecule has 4 N–H and O–H groups in total. The second-order valence-electron chi connectivity index (χ2n) is 4.84. The number of aromatic nitrogens is 3. The van der Waals surface area contributed by atoms with Crippen LogP contribution in [0.15, 0.2) is 12.5 Å². The van der Waals surface area contributed by atoms with Gasteiger partial charge in [-0.05, 0) is 0 Å². The predicted octanol–water partition coefficient (Wildman–Crippen LogP) is -0.203. The maximum Gasteiger partial charge on any atom is 0.179 e. The zero-order valence-electron chi connectivity index (χ0n) is 11.8. The molecule has 0 aliphatic carbocycles. The van der Waals surface area contributed by atoms with Crippen molar-refractivity contribution in [1.82, 2.24) is 14.5 Å². The average Bonchev–Trinajstić information content (AvgIpc) is 2.99. The molecule has 0 saturated carbocycles. The Kier molecular flexibility index (Phi) is 2.78. The van der Waals surface area contributed by atoms with E-state index in [0.29, 0.717) is 0 Å². The monoisotopic (exact) mass is 293 g/mol. The molecule has 7 nitrogen and oxygen atoms in total. The lowest BCUT2D eigenvalue weighted by Gasteiger charge is -2.23. The normalized spacial score (nSPS) is 29.2. The molecule has 3 rings (SSSR count). The highest BCUT2D eigenvalue weighted by Crippen LogP contribution is 2.38. The number of rotatable bonds is 2. The Morgan fingerprint density at radius 2 is 2.52 bits per heavy atom. The molecule has 8 heteroatoms. The molecule has 3 atom stereocenters. The summed E-state index contributed by atoms with van der Waals surface area (Å²) in [5.41, 5.74) is 4.29. The molecule has 110 valence electrons. The first-order valence-electron chi connectivity index (χ1n) is 6.69. The van der Waals surface area contributed by atoms with Gasteiger partial charge in [0.15, 0.2) is 17.1 Å². The first-order chi connectivity index (χ1) is 10.5.